The number of hydrogen-bond acceptors (Lipinski definition) is 6. The molecule has 12 heteroatoms. The van der Waals surface area contributed by atoms with Gasteiger partial charge in [-0.3, -0.25) is 10.1 Å². The molecule has 0 saturated carbocycles. The van der Waals surface area contributed by atoms with Crippen LogP contribution in [-0.4, -0.2) is 37.0 Å². The average molecular weight is 702 g/mol. The summed E-state index contributed by atoms with van der Waals surface area (Å²) >= 11 is 18.8. The Morgan fingerprint density at radius 3 is 2.21 bits per heavy atom. The Balaban J connectivity index is 1.38. The third-order valence-corrected chi connectivity index (χ3v) is 9.32. The molecule has 0 fully saturated rings. The molecule has 1 aliphatic rings. The van der Waals surface area contributed by atoms with Gasteiger partial charge >= 0.3 is 12.0 Å². The number of amidine groups is 1. The molecule has 47 heavy (non-hydrogen) atoms. The number of anilines is 2. The van der Waals surface area contributed by atoms with Crippen LogP contribution in [0.5, 0.6) is 5.75 Å². The Hall–Kier alpha value is -3.79. The Kier molecular flexibility index (Phi) is 11.5. The van der Waals surface area contributed by atoms with Gasteiger partial charge in [-0.15, -0.1) is 0 Å². The summed E-state index contributed by atoms with van der Waals surface area (Å²) in [6.07, 6.45) is 1.75. The minimum absolute atomic E-state index is 0.0151. The summed E-state index contributed by atoms with van der Waals surface area (Å²) in [4.78, 5) is 38.1. The number of rotatable bonds is 11. The number of amides is 3. The molecule has 1 heterocycles. The summed E-state index contributed by atoms with van der Waals surface area (Å²) < 4.78 is 11.6. The third kappa shape index (κ3) is 8.77. The summed E-state index contributed by atoms with van der Waals surface area (Å²) in [7, 11) is 0. The van der Waals surface area contributed by atoms with Crippen LogP contribution in [0.25, 0.3) is 0 Å². The summed E-state index contributed by atoms with van der Waals surface area (Å²) in [5.41, 5.74) is 2.96. The van der Waals surface area contributed by atoms with Crippen LogP contribution in [0, 0.1) is 0 Å². The van der Waals surface area contributed by atoms with E-state index in [2.05, 4.69) is 69.4 Å². The van der Waals surface area contributed by atoms with Crippen LogP contribution in [0.2, 0.25) is 15.1 Å². The van der Waals surface area contributed by atoms with E-state index in [9.17, 15) is 14.4 Å². The fourth-order valence-corrected chi connectivity index (χ4v) is 5.34. The van der Waals surface area contributed by atoms with Crippen molar-refractivity contribution < 1.29 is 23.9 Å². The van der Waals surface area contributed by atoms with E-state index in [0.717, 1.165) is 29.2 Å². The second-order valence-electron chi connectivity index (χ2n) is 12.5. The van der Waals surface area contributed by atoms with Gasteiger partial charge in [0.15, 0.2) is 0 Å². The molecule has 0 aliphatic carbocycles. The number of carbonyl (C=O) groups is 3. The van der Waals surface area contributed by atoms with Gasteiger partial charge in [-0.25, -0.2) is 9.59 Å². The lowest BCUT2D eigenvalue weighted by atomic mass is 9.76. The van der Waals surface area contributed by atoms with Crippen molar-refractivity contribution in [2.24, 2.45) is 5.10 Å². The van der Waals surface area contributed by atoms with Crippen LogP contribution in [0.15, 0.2) is 59.7 Å². The first kappa shape index (κ1) is 36.1. The van der Waals surface area contributed by atoms with Crippen molar-refractivity contribution in [1.29, 1.82) is 0 Å². The van der Waals surface area contributed by atoms with E-state index in [0.29, 0.717) is 10.7 Å². The molecular weight excluding hydrogens is 663 g/mol. The molecule has 3 amide bonds. The van der Waals surface area contributed by atoms with E-state index < -0.39 is 17.9 Å². The first-order valence-corrected chi connectivity index (χ1v) is 16.5. The van der Waals surface area contributed by atoms with Crippen LogP contribution in [-0.2, 0) is 20.4 Å². The van der Waals surface area contributed by atoms with E-state index in [4.69, 9.17) is 44.3 Å². The van der Waals surface area contributed by atoms with E-state index in [1.807, 2.05) is 6.07 Å². The molecule has 0 radical (unpaired) electrons. The van der Waals surface area contributed by atoms with E-state index in [1.54, 1.807) is 24.3 Å². The van der Waals surface area contributed by atoms with Gasteiger partial charge < -0.3 is 14.8 Å². The zero-order chi connectivity index (χ0) is 34.5. The number of benzene rings is 3. The van der Waals surface area contributed by atoms with E-state index >= 15 is 0 Å². The summed E-state index contributed by atoms with van der Waals surface area (Å²) in [6, 6.07) is 14.9. The SMILES string of the molecule is CCC(C)(C)c1ccc(OCCOC(=O)c2cc(Cl)c(N3N=C(NC(=O)Nc4ccc(Cl)cc4)CC3=O)cc2Cl)c(C(C)(C)CC)c1. The van der Waals surface area contributed by atoms with Crippen molar-refractivity contribution in [3.05, 3.63) is 86.4 Å². The van der Waals surface area contributed by atoms with Gasteiger partial charge in [0.05, 0.1) is 27.7 Å². The number of nitrogens with one attached hydrogen (secondary N) is 2. The molecule has 0 atom stereocenters. The summed E-state index contributed by atoms with van der Waals surface area (Å²) in [5.74, 6) is -0.291. The standard InChI is InChI=1S/C35H39Cl3N4O5/c1-7-34(3,4)21-9-14-29(25(17-21)35(5,6)8-2)46-15-16-47-32(44)24-18-27(38)28(19-26(24)37)42-31(43)20-30(41-42)40-33(45)39-23-12-10-22(36)11-13-23/h9-14,17-19H,7-8,15-16,20H2,1-6H3,(H2,39,40,41,45). The zero-order valence-electron chi connectivity index (χ0n) is 27.3. The van der Waals surface area contributed by atoms with Gasteiger partial charge in [-0.2, -0.15) is 10.1 Å². The first-order chi connectivity index (χ1) is 22.1. The molecule has 9 nitrogen and oxygen atoms in total. The predicted octanol–water partition coefficient (Wildman–Crippen LogP) is 9.13. The van der Waals surface area contributed by atoms with Crippen LogP contribution < -0.4 is 20.4 Å². The van der Waals surface area contributed by atoms with Crippen molar-refractivity contribution in [3.63, 3.8) is 0 Å². The van der Waals surface area contributed by atoms with Crippen molar-refractivity contribution in [1.82, 2.24) is 5.32 Å². The van der Waals surface area contributed by atoms with Gasteiger partial charge in [0.25, 0.3) is 5.91 Å². The lowest BCUT2D eigenvalue weighted by molar-refractivity contribution is -0.116. The number of halogens is 3. The molecular formula is C35H39Cl3N4O5. The fourth-order valence-electron chi connectivity index (χ4n) is 4.73. The molecule has 0 bridgehead atoms. The molecule has 3 aromatic carbocycles. The third-order valence-electron chi connectivity index (χ3n) is 8.45. The van der Waals surface area contributed by atoms with Gasteiger partial charge in [0.1, 0.15) is 24.8 Å². The highest BCUT2D eigenvalue weighted by Gasteiger charge is 2.30. The highest BCUT2D eigenvalue weighted by molar-refractivity contribution is 6.38. The van der Waals surface area contributed by atoms with Crippen molar-refractivity contribution in [2.75, 3.05) is 23.5 Å². The van der Waals surface area contributed by atoms with Crippen LogP contribution >= 0.6 is 34.8 Å². The predicted molar refractivity (Wildman–Crippen MR) is 188 cm³/mol. The Morgan fingerprint density at radius 1 is 0.872 bits per heavy atom. The highest BCUT2D eigenvalue weighted by atomic mass is 35.5. The number of ether oxygens (including phenoxy) is 2. The number of nitrogens with zero attached hydrogens (tertiary/aromatic N) is 2. The van der Waals surface area contributed by atoms with Crippen molar-refractivity contribution in [3.8, 4) is 5.75 Å². The van der Waals surface area contributed by atoms with Gasteiger partial charge in [0.2, 0.25) is 0 Å². The van der Waals surface area contributed by atoms with Gasteiger partial charge in [0, 0.05) is 16.3 Å². The normalized spacial score (nSPS) is 13.3. The molecule has 4 rings (SSSR count). The molecule has 0 spiro atoms. The topological polar surface area (TPSA) is 109 Å². The average Bonchev–Trinajstić information content (AvgIpc) is 3.39. The molecule has 1 aliphatic heterocycles. The van der Waals surface area contributed by atoms with Crippen LogP contribution in [0.4, 0.5) is 16.2 Å². The maximum Gasteiger partial charge on any atom is 0.339 e. The summed E-state index contributed by atoms with van der Waals surface area (Å²) in [6.45, 7) is 13.3. The number of urea groups is 1. The van der Waals surface area contributed by atoms with E-state index in [-0.39, 0.29) is 57.6 Å². The molecule has 0 saturated heterocycles. The number of carbonyl (C=O) groups excluding carboxylic acids is 3. The lowest BCUT2D eigenvalue weighted by Crippen LogP contribution is -2.33. The molecule has 2 N–H and O–H groups in total. The van der Waals surface area contributed by atoms with Crippen molar-refractivity contribution >= 4 is 69.9 Å². The van der Waals surface area contributed by atoms with Crippen LogP contribution in [0.3, 0.4) is 0 Å². The van der Waals surface area contributed by atoms with Gasteiger partial charge in [-0.05, 0) is 71.7 Å². The van der Waals surface area contributed by atoms with Crippen molar-refractivity contribution in [2.45, 2.75) is 71.6 Å². The number of esters is 1. The number of hydrogen-bond donors (Lipinski definition) is 2. The highest BCUT2D eigenvalue weighted by Crippen LogP contribution is 2.39. The maximum atomic E-state index is 12.9. The van der Waals surface area contributed by atoms with E-state index in [1.165, 1.54) is 17.7 Å². The Morgan fingerprint density at radius 2 is 1.55 bits per heavy atom. The second kappa shape index (κ2) is 15.0. The smallest absolute Gasteiger partial charge is 0.339 e. The Bertz CT molecular complexity index is 1690. The second-order valence-corrected chi connectivity index (χ2v) is 13.7. The fraction of sp³-hybridized carbons (Fsp3) is 0.371. The quantitative estimate of drug-likeness (QED) is 0.153. The zero-order valence-corrected chi connectivity index (χ0v) is 29.6. The lowest BCUT2D eigenvalue weighted by Gasteiger charge is -2.30. The Labute approximate surface area is 290 Å². The monoisotopic (exact) mass is 700 g/mol. The molecule has 250 valence electrons. The number of hydrazone groups is 1. The largest absolute Gasteiger partial charge is 0.490 e. The summed E-state index contributed by atoms with van der Waals surface area (Å²) in [5, 5.41) is 11.0. The minimum atomic E-state index is -0.696. The van der Waals surface area contributed by atoms with Crippen LogP contribution in [0.1, 0.15) is 82.3 Å². The maximum absolute atomic E-state index is 12.9. The first-order valence-electron chi connectivity index (χ1n) is 15.3. The molecule has 0 aromatic heterocycles. The molecule has 3 aromatic rings. The van der Waals surface area contributed by atoms with Gasteiger partial charge in [-0.1, -0.05) is 88.5 Å². The molecule has 0 unspecified atom stereocenters. The minimum Gasteiger partial charge on any atom is -0.490 e.